The summed E-state index contributed by atoms with van der Waals surface area (Å²) in [5.74, 6) is 0. The van der Waals surface area contributed by atoms with E-state index in [1.165, 1.54) is 29.3 Å². The first kappa shape index (κ1) is 13.1. The molecule has 1 aromatic rings. The van der Waals surface area contributed by atoms with Crippen LogP contribution in [-0.4, -0.2) is 31.6 Å². The molecule has 0 aliphatic carbocycles. The summed E-state index contributed by atoms with van der Waals surface area (Å²) in [6.45, 7) is 1.15. The highest BCUT2D eigenvalue weighted by molar-refractivity contribution is 9.10. The first-order chi connectivity index (χ1) is 8.20. The quantitative estimate of drug-likeness (QED) is 0.921. The third-order valence-corrected chi connectivity index (χ3v) is 4.23. The molecule has 2 nitrogen and oxygen atoms in total. The largest absolute Gasteiger partial charge is 0.312 e. The number of nitrogens with one attached hydrogen (secondary N) is 1. The number of nitrogens with zero attached hydrogens (tertiary/aromatic N) is 1. The number of halogens is 1. The molecule has 1 aliphatic heterocycles. The normalized spacial score (nSPS) is 22.7. The number of hydrogen-bond acceptors (Lipinski definition) is 2. The van der Waals surface area contributed by atoms with Crippen LogP contribution in [0, 0.1) is 0 Å². The van der Waals surface area contributed by atoms with Crippen LogP contribution in [0.4, 0.5) is 0 Å². The van der Waals surface area contributed by atoms with Gasteiger partial charge in [0.05, 0.1) is 6.04 Å². The fourth-order valence-electron chi connectivity index (χ4n) is 2.72. The molecule has 0 bridgehead atoms. The van der Waals surface area contributed by atoms with E-state index in [1.807, 2.05) is 0 Å². The monoisotopic (exact) mass is 296 g/mol. The molecule has 1 heterocycles. The van der Waals surface area contributed by atoms with Crippen LogP contribution in [0.5, 0.6) is 0 Å². The molecule has 0 spiro atoms. The van der Waals surface area contributed by atoms with E-state index in [1.54, 1.807) is 0 Å². The highest BCUT2D eigenvalue weighted by Gasteiger charge is 2.27. The molecule has 1 N–H and O–H groups in total. The van der Waals surface area contributed by atoms with Crippen molar-refractivity contribution in [2.75, 3.05) is 20.6 Å². The lowest BCUT2D eigenvalue weighted by Gasteiger charge is -2.36. The predicted molar refractivity (Wildman–Crippen MR) is 76.2 cm³/mol. The van der Waals surface area contributed by atoms with Gasteiger partial charge in [-0.3, -0.25) is 0 Å². The third kappa shape index (κ3) is 3.09. The molecule has 0 aromatic heterocycles. The molecule has 3 heteroatoms. The molecule has 1 aliphatic rings. The van der Waals surface area contributed by atoms with Gasteiger partial charge in [0.1, 0.15) is 0 Å². The smallest absolute Gasteiger partial charge is 0.0507 e. The summed E-state index contributed by atoms with van der Waals surface area (Å²) in [6, 6.07) is 9.58. The Labute approximate surface area is 113 Å². The van der Waals surface area contributed by atoms with Crippen LogP contribution in [0.15, 0.2) is 28.7 Å². The number of piperidine rings is 1. The number of hydrogen-bond donors (Lipinski definition) is 1. The first-order valence-electron chi connectivity index (χ1n) is 6.34. The third-order valence-electron chi connectivity index (χ3n) is 3.51. The van der Waals surface area contributed by atoms with Crippen LogP contribution in [-0.2, 0) is 0 Å². The fraction of sp³-hybridized carbons (Fsp3) is 0.571. The summed E-state index contributed by atoms with van der Waals surface area (Å²) in [5, 5.41) is 3.66. The van der Waals surface area contributed by atoms with Crippen molar-refractivity contribution in [1.29, 1.82) is 0 Å². The lowest BCUT2D eigenvalue weighted by molar-refractivity contribution is 0.204. The zero-order chi connectivity index (χ0) is 12.3. The minimum Gasteiger partial charge on any atom is -0.312 e. The van der Waals surface area contributed by atoms with Gasteiger partial charge >= 0.3 is 0 Å². The molecular weight excluding hydrogens is 276 g/mol. The van der Waals surface area contributed by atoms with Gasteiger partial charge in [0.2, 0.25) is 0 Å². The van der Waals surface area contributed by atoms with Crippen molar-refractivity contribution < 1.29 is 0 Å². The van der Waals surface area contributed by atoms with Crippen molar-refractivity contribution in [3.8, 4) is 0 Å². The van der Waals surface area contributed by atoms with E-state index in [0.717, 1.165) is 6.54 Å². The van der Waals surface area contributed by atoms with Gasteiger partial charge in [-0.2, -0.15) is 0 Å². The Morgan fingerprint density at radius 3 is 2.65 bits per heavy atom. The summed E-state index contributed by atoms with van der Waals surface area (Å²) >= 11 is 3.68. The molecule has 0 amide bonds. The fourth-order valence-corrected chi connectivity index (χ4v) is 3.24. The maximum absolute atomic E-state index is 3.68. The number of benzene rings is 1. The second-order valence-electron chi connectivity index (χ2n) is 4.99. The van der Waals surface area contributed by atoms with E-state index in [-0.39, 0.29) is 0 Å². The molecule has 1 saturated heterocycles. The average molecular weight is 297 g/mol. The van der Waals surface area contributed by atoms with Gasteiger partial charge in [-0.1, -0.05) is 40.5 Å². The predicted octanol–water partition coefficient (Wildman–Crippen LogP) is 3.19. The van der Waals surface area contributed by atoms with E-state index in [0.29, 0.717) is 12.1 Å². The van der Waals surface area contributed by atoms with Crippen molar-refractivity contribution in [3.63, 3.8) is 0 Å². The first-order valence-corrected chi connectivity index (χ1v) is 7.13. The summed E-state index contributed by atoms with van der Waals surface area (Å²) in [5.41, 5.74) is 1.39. The van der Waals surface area contributed by atoms with E-state index < -0.39 is 0 Å². The minimum atomic E-state index is 0.450. The second kappa shape index (κ2) is 5.98. The Balaban J connectivity index is 2.25. The molecule has 2 rings (SSSR count). The SMILES string of the molecule is CN(C)C(c1ccccc1Br)C1CCCCN1. The van der Waals surface area contributed by atoms with Crippen molar-refractivity contribution in [1.82, 2.24) is 10.2 Å². The molecule has 2 unspecified atom stereocenters. The van der Waals surface area contributed by atoms with Crippen LogP contribution in [0.1, 0.15) is 30.9 Å². The van der Waals surface area contributed by atoms with E-state index in [9.17, 15) is 0 Å². The molecule has 1 aromatic carbocycles. The Bertz CT molecular complexity index is 359. The van der Waals surface area contributed by atoms with Gasteiger partial charge in [0, 0.05) is 10.5 Å². The van der Waals surface area contributed by atoms with Gasteiger partial charge in [0.25, 0.3) is 0 Å². The summed E-state index contributed by atoms with van der Waals surface area (Å²) in [6.07, 6.45) is 3.92. The Morgan fingerprint density at radius 1 is 1.29 bits per heavy atom. The standard InChI is InChI=1S/C14H21BrN2/c1-17(2)14(13-9-5-6-10-16-13)11-7-3-4-8-12(11)15/h3-4,7-8,13-14,16H,5-6,9-10H2,1-2H3. The minimum absolute atomic E-state index is 0.450. The zero-order valence-corrected chi connectivity index (χ0v) is 12.2. The van der Waals surface area contributed by atoms with Crippen LogP contribution < -0.4 is 5.32 Å². The lowest BCUT2D eigenvalue weighted by Crippen LogP contribution is -2.44. The Hall–Kier alpha value is -0.380. The van der Waals surface area contributed by atoms with Crippen LogP contribution in [0.25, 0.3) is 0 Å². The Kier molecular flexibility index (Phi) is 4.60. The van der Waals surface area contributed by atoms with Gasteiger partial charge < -0.3 is 10.2 Å². The number of likely N-dealkylation sites (N-methyl/N-ethyl adjacent to an activating group) is 1. The molecule has 0 radical (unpaired) electrons. The van der Waals surface area contributed by atoms with E-state index >= 15 is 0 Å². The highest BCUT2D eigenvalue weighted by Crippen LogP contribution is 2.31. The number of rotatable bonds is 3. The average Bonchev–Trinajstić information content (AvgIpc) is 2.33. The Morgan fingerprint density at radius 2 is 2.06 bits per heavy atom. The van der Waals surface area contributed by atoms with Crippen molar-refractivity contribution in [2.24, 2.45) is 0 Å². The molecule has 94 valence electrons. The summed E-state index contributed by atoms with van der Waals surface area (Å²) in [4.78, 5) is 2.32. The summed E-state index contributed by atoms with van der Waals surface area (Å²) < 4.78 is 1.21. The van der Waals surface area contributed by atoms with Crippen LogP contribution in [0.2, 0.25) is 0 Å². The van der Waals surface area contributed by atoms with Crippen LogP contribution >= 0.6 is 15.9 Å². The van der Waals surface area contributed by atoms with Gasteiger partial charge in [-0.05, 0) is 45.1 Å². The maximum atomic E-state index is 3.68. The molecule has 1 fully saturated rings. The van der Waals surface area contributed by atoms with Crippen molar-refractivity contribution >= 4 is 15.9 Å². The molecule has 0 saturated carbocycles. The maximum Gasteiger partial charge on any atom is 0.0507 e. The van der Waals surface area contributed by atoms with Gasteiger partial charge in [0.15, 0.2) is 0 Å². The van der Waals surface area contributed by atoms with Gasteiger partial charge in [-0.25, -0.2) is 0 Å². The van der Waals surface area contributed by atoms with Crippen LogP contribution in [0.3, 0.4) is 0 Å². The topological polar surface area (TPSA) is 15.3 Å². The van der Waals surface area contributed by atoms with Crippen molar-refractivity contribution in [2.45, 2.75) is 31.3 Å². The molecule has 17 heavy (non-hydrogen) atoms. The zero-order valence-electron chi connectivity index (χ0n) is 10.6. The van der Waals surface area contributed by atoms with E-state index in [2.05, 4.69) is 64.5 Å². The van der Waals surface area contributed by atoms with Crippen molar-refractivity contribution in [3.05, 3.63) is 34.3 Å². The highest BCUT2D eigenvalue weighted by atomic mass is 79.9. The molecule has 2 atom stereocenters. The second-order valence-corrected chi connectivity index (χ2v) is 5.84. The summed E-state index contributed by atoms with van der Waals surface area (Å²) in [7, 11) is 4.33. The van der Waals surface area contributed by atoms with E-state index in [4.69, 9.17) is 0 Å². The molecular formula is C14H21BrN2. The lowest BCUT2D eigenvalue weighted by atomic mass is 9.92. The van der Waals surface area contributed by atoms with Gasteiger partial charge in [-0.15, -0.1) is 0 Å².